The van der Waals surface area contributed by atoms with E-state index in [4.69, 9.17) is 4.99 Å². The summed E-state index contributed by atoms with van der Waals surface area (Å²) < 4.78 is 0. The molecule has 4 atom stereocenters. The van der Waals surface area contributed by atoms with Crippen molar-refractivity contribution in [1.29, 1.82) is 0 Å². The van der Waals surface area contributed by atoms with E-state index in [9.17, 15) is 0 Å². The molecule has 338 valence electrons. The normalized spacial score (nSPS) is 20.3. The molecule has 69 heavy (non-hydrogen) atoms. The molecule has 0 N–H and O–H groups in total. The smallest absolute Gasteiger partial charge is 0.0786 e. The van der Waals surface area contributed by atoms with Gasteiger partial charge in [0, 0.05) is 29.2 Å². The number of anilines is 3. The summed E-state index contributed by atoms with van der Waals surface area (Å²) >= 11 is 0. The summed E-state index contributed by atoms with van der Waals surface area (Å²) in [5.41, 5.74) is 18.5. The lowest BCUT2D eigenvalue weighted by Crippen LogP contribution is -2.32. The van der Waals surface area contributed by atoms with E-state index in [-0.39, 0.29) is 12.0 Å². The van der Waals surface area contributed by atoms with Gasteiger partial charge in [-0.1, -0.05) is 219 Å². The first-order valence-electron chi connectivity index (χ1n) is 24.7. The van der Waals surface area contributed by atoms with E-state index >= 15 is 0 Å². The Labute approximate surface area is 410 Å². The van der Waals surface area contributed by atoms with Gasteiger partial charge in [0.25, 0.3) is 0 Å². The van der Waals surface area contributed by atoms with Gasteiger partial charge in [-0.2, -0.15) is 0 Å². The average Bonchev–Trinajstić information content (AvgIpc) is 3.55. The van der Waals surface area contributed by atoms with Gasteiger partial charge in [-0.25, -0.2) is 0 Å². The molecule has 0 aliphatic heterocycles. The first-order valence-corrected chi connectivity index (χ1v) is 24.7. The van der Waals surface area contributed by atoms with Crippen LogP contribution in [-0.4, -0.2) is 12.3 Å². The lowest BCUT2D eigenvalue weighted by atomic mass is 9.63. The number of fused-ring (bicyclic) bond motifs is 4. The highest BCUT2D eigenvalue weighted by atomic mass is 15.1. The predicted octanol–water partition coefficient (Wildman–Crippen LogP) is 17.6. The molecule has 10 rings (SSSR count). The Morgan fingerprint density at radius 1 is 0.638 bits per heavy atom. The van der Waals surface area contributed by atoms with E-state index < -0.39 is 5.41 Å². The number of benzene rings is 6. The van der Waals surface area contributed by atoms with Crippen molar-refractivity contribution < 1.29 is 0 Å². The van der Waals surface area contributed by atoms with Gasteiger partial charge in [-0.3, -0.25) is 4.99 Å². The quantitative estimate of drug-likeness (QED) is 0.0833. The number of para-hydroxylation sites is 1. The second kappa shape index (κ2) is 20.6. The highest BCUT2D eigenvalue weighted by Gasteiger charge is 2.48. The minimum atomic E-state index is -0.551. The fraction of sp³-hybridized carbons (Fsp3) is 0.149. The van der Waals surface area contributed by atoms with Gasteiger partial charge in [-0.15, -0.1) is 0 Å². The van der Waals surface area contributed by atoms with Crippen LogP contribution < -0.4 is 4.90 Å². The number of aliphatic imine (C=N–C) groups is 1. The number of rotatable bonds is 13. The Balaban J connectivity index is 1.06. The highest BCUT2D eigenvalue weighted by Crippen LogP contribution is 2.58. The van der Waals surface area contributed by atoms with Gasteiger partial charge in [0.2, 0.25) is 0 Å². The van der Waals surface area contributed by atoms with Crippen LogP contribution in [0.15, 0.2) is 276 Å². The molecule has 0 amide bonds. The summed E-state index contributed by atoms with van der Waals surface area (Å²) in [5, 5.41) is 0. The van der Waals surface area contributed by atoms with Crippen molar-refractivity contribution >= 4 is 28.8 Å². The van der Waals surface area contributed by atoms with Crippen LogP contribution in [0.2, 0.25) is 0 Å². The van der Waals surface area contributed by atoms with Crippen molar-refractivity contribution in [2.75, 3.05) is 4.90 Å². The Hall–Kier alpha value is -7.81. The monoisotopic (exact) mass is 892 g/mol. The standard InChI is InChI=1S/C67H60N2/c1-4-6-8-20-44-68-66-43-38-57(48-62(66)55-24-12-9-13-25-55)67(64-29-19-18-28-61(64)63-46-50-22-16-17-23-51(45-50)47-65(63)67)56-36-30-53(31-37-56)54-34-41-60(42-35-54)69(58-26-14-10-15-27-58)59-39-32-52(33-40-59)49(3)21-11-7-5-2/h4-16,18-22,24-44,46-49,62,66H,17,23,45H2,1-3H3/b6-4-,7-5-,20-8-,21-11-,68-44?. The SMILES string of the molecule is C/C=C\C=C/C=NC1C=CC(C2(c3ccc(-c4ccc(N(c5ccccc5)c5ccc(C(C)/C=C\C=C/C)cc5)cc4)cc3)C3=C(C=C4C=CCCC(=C3)C4)c3ccccc32)=CC1c1ccccc1. The van der Waals surface area contributed by atoms with Crippen molar-refractivity contribution in [2.45, 2.75) is 63.3 Å². The first kappa shape index (κ1) is 45.0. The molecule has 6 aromatic carbocycles. The minimum absolute atomic E-state index is 0.0437. The Bertz CT molecular complexity index is 3130. The molecule has 6 aromatic rings. The molecule has 0 saturated heterocycles. The van der Waals surface area contributed by atoms with Gasteiger partial charge in [-0.05, 0) is 143 Å². The summed E-state index contributed by atoms with van der Waals surface area (Å²) in [4.78, 5) is 7.50. The summed E-state index contributed by atoms with van der Waals surface area (Å²) in [6.07, 6.45) is 38.8. The largest absolute Gasteiger partial charge is 0.311 e. The van der Waals surface area contributed by atoms with Crippen molar-refractivity contribution in [3.05, 3.63) is 299 Å². The predicted molar refractivity (Wildman–Crippen MR) is 295 cm³/mol. The van der Waals surface area contributed by atoms with Crippen molar-refractivity contribution in [1.82, 2.24) is 0 Å². The lowest BCUT2D eigenvalue weighted by Gasteiger charge is -2.39. The fourth-order valence-electron chi connectivity index (χ4n) is 10.7. The van der Waals surface area contributed by atoms with Crippen LogP contribution in [0.1, 0.15) is 79.7 Å². The van der Waals surface area contributed by atoms with Crippen LogP contribution in [0.5, 0.6) is 0 Å². The van der Waals surface area contributed by atoms with E-state index in [1.165, 1.54) is 66.8 Å². The third kappa shape index (κ3) is 9.16. The molecular weight excluding hydrogens is 833 g/mol. The maximum atomic E-state index is 5.16. The molecule has 0 aromatic heterocycles. The summed E-state index contributed by atoms with van der Waals surface area (Å²) in [7, 11) is 0. The molecule has 0 heterocycles. The van der Waals surface area contributed by atoms with Gasteiger partial charge in [0.1, 0.15) is 0 Å². The molecule has 0 saturated carbocycles. The third-order valence-corrected chi connectivity index (χ3v) is 14.1. The molecule has 4 aliphatic carbocycles. The topological polar surface area (TPSA) is 15.6 Å². The Morgan fingerprint density at radius 2 is 1.29 bits per heavy atom. The van der Waals surface area contributed by atoms with Crippen molar-refractivity contribution in [3.8, 4) is 11.1 Å². The maximum Gasteiger partial charge on any atom is 0.0786 e. The number of hydrogen-bond acceptors (Lipinski definition) is 2. The second-order valence-corrected chi connectivity index (χ2v) is 18.5. The number of nitrogens with zero attached hydrogens (tertiary/aromatic N) is 2. The molecule has 4 unspecified atom stereocenters. The van der Waals surface area contributed by atoms with Crippen LogP contribution in [0.3, 0.4) is 0 Å². The number of allylic oxidation sites excluding steroid dienone is 18. The maximum absolute atomic E-state index is 5.16. The zero-order valence-corrected chi connectivity index (χ0v) is 40.0. The second-order valence-electron chi connectivity index (χ2n) is 18.5. The van der Waals surface area contributed by atoms with E-state index in [1.54, 1.807) is 0 Å². The van der Waals surface area contributed by atoms with Crippen molar-refractivity contribution in [3.63, 3.8) is 0 Å². The van der Waals surface area contributed by atoms with Crippen LogP contribution in [-0.2, 0) is 5.41 Å². The molecule has 0 spiro atoms. The van der Waals surface area contributed by atoms with Gasteiger partial charge in [0.15, 0.2) is 0 Å². The summed E-state index contributed by atoms with van der Waals surface area (Å²) in [6.45, 7) is 6.33. The molecule has 2 heteroatoms. The molecule has 2 nitrogen and oxygen atoms in total. The fourth-order valence-corrected chi connectivity index (χ4v) is 10.7. The van der Waals surface area contributed by atoms with Crippen LogP contribution in [0.4, 0.5) is 17.1 Å². The summed E-state index contributed by atoms with van der Waals surface area (Å²) in [5.74, 6) is 0.370. The molecule has 2 bridgehead atoms. The zero-order valence-electron chi connectivity index (χ0n) is 40.0. The van der Waals surface area contributed by atoms with Crippen LogP contribution in [0, 0.1) is 0 Å². The molecular formula is C67H60N2. The molecule has 0 fully saturated rings. The van der Waals surface area contributed by atoms with Gasteiger partial charge in [0.05, 0.1) is 11.5 Å². The van der Waals surface area contributed by atoms with E-state index in [1.807, 2.05) is 44.4 Å². The number of hydrogen-bond donors (Lipinski definition) is 0. The first-order chi connectivity index (χ1) is 34.0. The third-order valence-electron chi connectivity index (χ3n) is 14.1. The van der Waals surface area contributed by atoms with E-state index in [0.29, 0.717) is 5.92 Å². The minimum Gasteiger partial charge on any atom is -0.311 e. The van der Waals surface area contributed by atoms with Crippen molar-refractivity contribution in [2.24, 2.45) is 4.99 Å². The van der Waals surface area contributed by atoms with E-state index in [2.05, 4.69) is 236 Å². The molecule has 4 aliphatic rings. The lowest BCUT2D eigenvalue weighted by molar-refractivity contribution is 0.675. The van der Waals surface area contributed by atoms with Gasteiger partial charge >= 0.3 is 0 Å². The van der Waals surface area contributed by atoms with Crippen LogP contribution >= 0.6 is 0 Å². The summed E-state index contributed by atoms with van der Waals surface area (Å²) in [6, 6.07) is 58.3. The highest BCUT2D eigenvalue weighted by molar-refractivity contribution is 5.94. The van der Waals surface area contributed by atoms with Crippen LogP contribution in [0.25, 0.3) is 16.7 Å². The zero-order chi connectivity index (χ0) is 47.0. The Morgan fingerprint density at radius 3 is 2.03 bits per heavy atom. The Kier molecular flexibility index (Phi) is 13.4. The molecule has 0 radical (unpaired) electrons. The van der Waals surface area contributed by atoms with Gasteiger partial charge < -0.3 is 4.90 Å². The average molecular weight is 893 g/mol. The van der Waals surface area contributed by atoms with E-state index in [0.717, 1.165) is 36.3 Å².